The number of pyridine rings is 1. The first-order valence-electron chi connectivity index (χ1n) is 4.75. The molecule has 1 fully saturated rings. The third-order valence-corrected chi connectivity index (χ3v) is 3.05. The minimum Gasteiger partial charge on any atom is -0.495 e. The van der Waals surface area contributed by atoms with Crippen LogP contribution in [0.2, 0.25) is 0 Å². The van der Waals surface area contributed by atoms with E-state index in [1.54, 1.807) is 13.3 Å². The van der Waals surface area contributed by atoms with E-state index in [0.717, 1.165) is 5.75 Å². The molecule has 0 saturated heterocycles. The number of hydrogen-bond acceptors (Lipinski definition) is 2. The van der Waals surface area contributed by atoms with Crippen LogP contribution in [0, 0.1) is 0 Å². The second kappa shape index (κ2) is 3.02. The van der Waals surface area contributed by atoms with Gasteiger partial charge in [0.05, 0.1) is 13.3 Å². The van der Waals surface area contributed by atoms with Gasteiger partial charge in [-0.25, -0.2) is 0 Å². The predicted octanol–water partition coefficient (Wildman–Crippen LogP) is 2.53. The summed E-state index contributed by atoms with van der Waals surface area (Å²) in [6, 6.07) is 4.07. The molecule has 0 N–H and O–H groups in total. The first kappa shape index (κ1) is 8.54. The zero-order valence-electron chi connectivity index (χ0n) is 8.21. The average molecular weight is 177 g/mol. The fourth-order valence-electron chi connectivity index (χ4n) is 1.82. The Hall–Kier alpha value is -1.05. The molecule has 0 bridgehead atoms. The third-order valence-electron chi connectivity index (χ3n) is 3.05. The number of methoxy groups -OCH3 is 1. The standard InChI is InChI=1S/C11H15NO/c1-11(6-3-7-11)10-5-4-9(13-2)8-12-10/h4-5,8H,3,6-7H2,1-2H3. The van der Waals surface area contributed by atoms with E-state index in [1.807, 2.05) is 6.07 Å². The summed E-state index contributed by atoms with van der Waals surface area (Å²) in [6.07, 6.45) is 5.68. The maximum Gasteiger partial charge on any atom is 0.137 e. The Morgan fingerprint density at radius 1 is 1.38 bits per heavy atom. The summed E-state index contributed by atoms with van der Waals surface area (Å²) in [5.74, 6) is 0.840. The number of hydrogen-bond donors (Lipinski definition) is 0. The molecule has 1 aliphatic carbocycles. The van der Waals surface area contributed by atoms with Crippen molar-refractivity contribution in [3.8, 4) is 5.75 Å². The Bertz CT molecular complexity index is 287. The molecule has 2 rings (SSSR count). The molecule has 1 aliphatic rings. The molecule has 0 aliphatic heterocycles. The molecule has 1 saturated carbocycles. The van der Waals surface area contributed by atoms with Crippen LogP contribution in [0.4, 0.5) is 0 Å². The first-order chi connectivity index (χ1) is 6.24. The van der Waals surface area contributed by atoms with Gasteiger partial charge in [0.25, 0.3) is 0 Å². The van der Waals surface area contributed by atoms with Gasteiger partial charge < -0.3 is 4.74 Å². The van der Waals surface area contributed by atoms with Crippen LogP contribution in [-0.4, -0.2) is 12.1 Å². The summed E-state index contributed by atoms with van der Waals surface area (Å²) in [4.78, 5) is 4.42. The highest BCUT2D eigenvalue weighted by atomic mass is 16.5. The summed E-state index contributed by atoms with van der Waals surface area (Å²) in [6.45, 7) is 2.28. The van der Waals surface area contributed by atoms with E-state index in [9.17, 15) is 0 Å². The Kier molecular flexibility index (Phi) is 1.98. The van der Waals surface area contributed by atoms with Gasteiger partial charge in [0.2, 0.25) is 0 Å². The molecule has 0 radical (unpaired) electrons. The summed E-state index contributed by atoms with van der Waals surface area (Å²) < 4.78 is 5.07. The maximum absolute atomic E-state index is 5.07. The lowest BCUT2D eigenvalue weighted by Crippen LogP contribution is -2.31. The highest BCUT2D eigenvalue weighted by molar-refractivity contribution is 5.25. The van der Waals surface area contributed by atoms with Crippen LogP contribution in [0.3, 0.4) is 0 Å². The molecule has 1 heterocycles. The van der Waals surface area contributed by atoms with Crippen molar-refractivity contribution in [2.45, 2.75) is 31.6 Å². The van der Waals surface area contributed by atoms with Crippen molar-refractivity contribution in [2.75, 3.05) is 7.11 Å². The second-order valence-electron chi connectivity index (χ2n) is 4.00. The average Bonchev–Trinajstić information content (AvgIpc) is 2.14. The number of ether oxygens (including phenoxy) is 1. The molecule has 70 valence electrons. The van der Waals surface area contributed by atoms with Crippen molar-refractivity contribution in [3.63, 3.8) is 0 Å². The predicted molar refractivity (Wildman–Crippen MR) is 52.0 cm³/mol. The monoisotopic (exact) mass is 177 g/mol. The number of nitrogens with zero attached hydrogens (tertiary/aromatic N) is 1. The smallest absolute Gasteiger partial charge is 0.137 e. The lowest BCUT2D eigenvalue weighted by molar-refractivity contribution is 0.264. The lowest BCUT2D eigenvalue weighted by atomic mass is 9.68. The van der Waals surface area contributed by atoms with Gasteiger partial charge in [-0.1, -0.05) is 13.3 Å². The summed E-state index contributed by atoms with van der Waals surface area (Å²) in [7, 11) is 1.67. The largest absolute Gasteiger partial charge is 0.495 e. The molecular weight excluding hydrogens is 162 g/mol. The van der Waals surface area contributed by atoms with E-state index in [0.29, 0.717) is 5.41 Å². The molecule has 13 heavy (non-hydrogen) atoms. The van der Waals surface area contributed by atoms with E-state index in [-0.39, 0.29) is 0 Å². The Morgan fingerprint density at radius 2 is 2.15 bits per heavy atom. The van der Waals surface area contributed by atoms with Gasteiger partial charge in [0.15, 0.2) is 0 Å². The lowest BCUT2D eigenvalue weighted by Gasteiger charge is -2.37. The molecule has 0 unspecified atom stereocenters. The van der Waals surface area contributed by atoms with E-state index >= 15 is 0 Å². The topological polar surface area (TPSA) is 22.1 Å². The Balaban J connectivity index is 2.22. The van der Waals surface area contributed by atoms with E-state index in [2.05, 4.69) is 18.0 Å². The third kappa shape index (κ3) is 1.41. The van der Waals surface area contributed by atoms with Crippen LogP contribution < -0.4 is 4.74 Å². The van der Waals surface area contributed by atoms with Crippen molar-refractivity contribution < 1.29 is 4.74 Å². The van der Waals surface area contributed by atoms with Gasteiger partial charge >= 0.3 is 0 Å². The van der Waals surface area contributed by atoms with Gasteiger partial charge in [-0.15, -0.1) is 0 Å². The van der Waals surface area contributed by atoms with Crippen LogP contribution >= 0.6 is 0 Å². The minimum atomic E-state index is 0.340. The van der Waals surface area contributed by atoms with Crippen molar-refractivity contribution in [2.24, 2.45) is 0 Å². The molecule has 0 amide bonds. The fraction of sp³-hybridized carbons (Fsp3) is 0.545. The van der Waals surface area contributed by atoms with Gasteiger partial charge in [-0.05, 0) is 25.0 Å². The highest BCUT2D eigenvalue weighted by Gasteiger charge is 2.34. The summed E-state index contributed by atoms with van der Waals surface area (Å²) in [5, 5.41) is 0. The van der Waals surface area contributed by atoms with Crippen LogP contribution in [0.15, 0.2) is 18.3 Å². The zero-order chi connectivity index (χ0) is 9.31. The Morgan fingerprint density at radius 3 is 2.54 bits per heavy atom. The van der Waals surface area contributed by atoms with E-state index < -0.39 is 0 Å². The van der Waals surface area contributed by atoms with Gasteiger partial charge in [0, 0.05) is 11.1 Å². The zero-order valence-corrected chi connectivity index (χ0v) is 8.21. The van der Waals surface area contributed by atoms with Crippen LogP contribution in [0.1, 0.15) is 31.9 Å². The molecule has 1 aromatic rings. The summed E-state index contributed by atoms with van der Waals surface area (Å²) >= 11 is 0. The van der Waals surface area contributed by atoms with E-state index in [4.69, 9.17) is 4.74 Å². The molecule has 2 heteroatoms. The van der Waals surface area contributed by atoms with Crippen LogP contribution in [0.25, 0.3) is 0 Å². The maximum atomic E-state index is 5.07. The number of aromatic nitrogens is 1. The SMILES string of the molecule is COc1ccc(C2(C)CCC2)nc1. The quantitative estimate of drug-likeness (QED) is 0.692. The normalized spacial score (nSPS) is 19.2. The minimum absolute atomic E-state index is 0.340. The van der Waals surface area contributed by atoms with Crippen molar-refractivity contribution in [1.29, 1.82) is 0 Å². The van der Waals surface area contributed by atoms with Crippen LogP contribution in [-0.2, 0) is 5.41 Å². The molecule has 0 atom stereocenters. The Labute approximate surface area is 78.9 Å². The summed E-state index contributed by atoms with van der Waals surface area (Å²) in [5.41, 5.74) is 1.55. The molecule has 0 aromatic carbocycles. The molecular formula is C11H15NO. The fourth-order valence-corrected chi connectivity index (χ4v) is 1.82. The van der Waals surface area contributed by atoms with Crippen molar-refractivity contribution in [1.82, 2.24) is 4.98 Å². The second-order valence-corrected chi connectivity index (χ2v) is 4.00. The molecule has 0 spiro atoms. The van der Waals surface area contributed by atoms with Crippen molar-refractivity contribution in [3.05, 3.63) is 24.0 Å². The number of rotatable bonds is 2. The van der Waals surface area contributed by atoms with Gasteiger partial charge in [0.1, 0.15) is 5.75 Å². The molecule has 1 aromatic heterocycles. The first-order valence-corrected chi connectivity index (χ1v) is 4.75. The van der Waals surface area contributed by atoms with Crippen LogP contribution in [0.5, 0.6) is 5.75 Å². The highest BCUT2D eigenvalue weighted by Crippen LogP contribution is 2.42. The molecule has 2 nitrogen and oxygen atoms in total. The van der Waals surface area contributed by atoms with Gasteiger partial charge in [-0.2, -0.15) is 0 Å². The van der Waals surface area contributed by atoms with E-state index in [1.165, 1.54) is 25.0 Å². The van der Waals surface area contributed by atoms with Crippen molar-refractivity contribution >= 4 is 0 Å². The van der Waals surface area contributed by atoms with Gasteiger partial charge in [-0.3, -0.25) is 4.98 Å².